The van der Waals surface area contributed by atoms with Crippen molar-refractivity contribution in [1.82, 2.24) is 9.78 Å². The van der Waals surface area contributed by atoms with Crippen molar-refractivity contribution in [3.8, 4) is 5.88 Å². The summed E-state index contributed by atoms with van der Waals surface area (Å²) in [5.74, 6) is 0.199. The molecular weight excluding hydrogens is 202 g/mol. The second-order valence-electron chi connectivity index (χ2n) is 2.30. The fourth-order valence-corrected chi connectivity index (χ4v) is 1.09. The summed E-state index contributed by atoms with van der Waals surface area (Å²) in [6.07, 6.45) is -1.18. The molecule has 1 aromatic rings. The molecular formula is C7H9ClF2N2O. The van der Waals surface area contributed by atoms with Crippen LogP contribution in [-0.2, 0) is 6.54 Å². The van der Waals surface area contributed by atoms with E-state index in [4.69, 9.17) is 16.3 Å². The maximum absolute atomic E-state index is 12.0. The fourth-order valence-electron chi connectivity index (χ4n) is 0.892. The largest absolute Gasteiger partial charge is 0.477 e. The van der Waals surface area contributed by atoms with Gasteiger partial charge in [0.25, 0.3) is 6.43 Å². The Hall–Kier alpha value is -0.840. The van der Waals surface area contributed by atoms with Crippen LogP contribution in [0.2, 0.25) is 5.02 Å². The van der Waals surface area contributed by atoms with E-state index in [2.05, 4.69) is 5.10 Å². The van der Waals surface area contributed by atoms with Crippen molar-refractivity contribution in [1.29, 1.82) is 0 Å². The molecule has 3 nitrogen and oxygen atoms in total. The third-order valence-electron chi connectivity index (χ3n) is 1.34. The van der Waals surface area contributed by atoms with Gasteiger partial charge in [-0.25, -0.2) is 13.5 Å². The molecule has 0 saturated carbocycles. The van der Waals surface area contributed by atoms with Gasteiger partial charge in [0.2, 0.25) is 5.88 Å². The van der Waals surface area contributed by atoms with Gasteiger partial charge in [-0.05, 0) is 6.92 Å². The van der Waals surface area contributed by atoms with Gasteiger partial charge in [-0.1, -0.05) is 11.6 Å². The lowest BCUT2D eigenvalue weighted by atomic mass is 10.6. The Bertz CT molecular complexity index is 277. The zero-order valence-corrected chi connectivity index (χ0v) is 7.76. The second-order valence-corrected chi connectivity index (χ2v) is 2.71. The number of rotatable bonds is 4. The topological polar surface area (TPSA) is 27.1 Å². The number of nitrogens with zero attached hydrogens (tertiary/aromatic N) is 2. The van der Waals surface area contributed by atoms with Crippen molar-refractivity contribution in [2.24, 2.45) is 0 Å². The number of alkyl halides is 2. The minimum Gasteiger partial charge on any atom is -0.477 e. The summed E-state index contributed by atoms with van der Waals surface area (Å²) in [7, 11) is 0. The first kappa shape index (κ1) is 10.2. The van der Waals surface area contributed by atoms with Gasteiger partial charge >= 0.3 is 0 Å². The van der Waals surface area contributed by atoms with E-state index >= 15 is 0 Å². The molecule has 0 unspecified atom stereocenters. The van der Waals surface area contributed by atoms with Crippen LogP contribution >= 0.6 is 11.6 Å². The third-order valence-corrected chi connectivity index (χ3v) is 1.60. The van der Waals surface area contributed by atoms with Crippen molar-refractivity contribution < 1.29 is 13.5 Å². The highest BCUT2D eigenvalue weighted by Gasteiger charge is 2.13. The summed E-state index contributed by atoms with van der Waals surface area (Å²) >= 11 is 5.65. The van der Waals surface area contributed by atoms with Gasteiger partial charge in [0.15, 0.2) is 0 Å². The molecule has 0 atom stereocenters. The summed E-state index contributed by atoms with van der Waals surface area (Å²) in [4.78, 5) is 0. The molecule has 0 aliphatic heterocycles. The highest BCUT2D eigenvalue weighted by atomic mass is 35.5. The smallest absolute Gasteiger partial charge is 0.258 e. The summed E-state index contributed by atoms with van der Waals surface area (Å²) in [6.45, 7) is 1.62. The molecule has 0 spiro atoms. The zero-order chi connectivity index (χ0) is 9.84. The highest BCUT2D eigenvalue weighted by Crippen LogP contribution is 2.24. The maximum atomic E-state index is 12.0. The number of ether oxygens (including phenoxy) is 1. The first-order chi connectivity index (χ1) is 6.15. The van der Waals surface area contributed by atoms with Crippen LogP contribution in [0.25, 0.3) is 0 Å². The average molecular weight is 211 g/mol. The van der Waals surface area contributed by atoms with Gasteiger partial charge in [-0.3, -0.25) is 0 Å². The van der Waals surface area contributed by atoms with Crippen molar-refractivity contribution in [2.45, 2.75) is 19.9 Å². The Morgan fingerprint density at radius 2 is 2.38 bits per heavy atom. The summed E-state index contributed by atoms with van der Waals surface area (Å²) in [6, 6.07) is 0. The Balaban J connectivity index is 2.80. The lowest BCUT2D eigenvalue weighted by molar-refractivity contribution is 0.116. The van der Waals surface area contributed by atoms with E-state index < -0.39 is 13.0 Å². The Morgan fingerprint density at radius 1 is 1.69 bits per heavy atom. The van der Waals surface area contributed by atoms with Gasteiger partial charge < -0.3 is 4.74 Å². The number of hydrogen-bond donors (Lipinski definition) is 0. The van der Waals surface area contributed by atoms with Crippen molar-refractivity contribution in [2.75, 3.05) is 6.61 Å². The van der Waals surface area contributed by atoms with E-state index in [0.29, 0.717) is 6.61 Å². The van der Waals surface area contributed by atoms with Crippen LogP contribution in [0, 0.1) is 0 Å². The van der Waals surface area contributed by atoms with E-state index in [-0.39, 0.29) is 10.9 Å². The van der Waals surface area contributed by atoms with Gasteiger partial charge in [0, 0.05) is 0 Å². The van der Waals surface area contributed by atoms with E-state index in [1.807, 2.05) is 0 Å². The molecule has 0 aromatic carbocycles. The predicted molar refractivity (Wildman–Crippen MR) is 44.4 cm³/mol. The molecule has 0 aliphatic rings. The fraction of sp³-hybridized carbons (Fsp3) is 0.571. The second kappa shape index (κ2) is 4.41. The molecule has 1 aromatic heterocycles. The first-order valence-electron chi connectivity index (χ1n) is 3.77. The van der Waals surface area contributed by atoms with E-state index in [9.17, 15) is 8.78 Å². The Kier molecular flexibility index (Phi) is 3.48. The van der Waals surface area contributed by atoms with Gasteiger partial charge in [-0.2, -0.15) is 5.10 Å². The van der Waals surface area contributed by atoms with Crippen molar-refractivity contribution >= 4 is 11.6 Å². The van der Waals surface area contributed by atoms with Crippen molar-refractivity contribution in [3.63, 3.8) is 0 Å². The molecule has 0 fully saturated rings. The molecule has 13 heavy (non-hydrogen) atoms. The van der Waals surface area contributed by atoms with Crippen LogP contribution in [0.5, 0.6) is 5.88 Å². The van der Waals surface area contributed by atoms with Gasteiger partial charge in [-0.15, -0.1) is 0 Å². The SMILES string of the molecule is CCOc1c(Cl)cnn1CC(F)F. The molecule has 0 N–H and O–H groups in total. The molecule has 0 saturated heterocycles. The zero-order valence-electron chi connectivity index (χ0n) is 7.01. The van der Waals surface area contributed by atoms with E-state index in [0.717, 1.165) is 4.68 Å². The van der Waals surface area contributed by atoms with E-state index in [1.54, 1.807) is 6.92 Å². The van der Waals surface area contributed by atoms with E-state index in [1.165, 1.54) is 6.20 Å². The maximum Gasteiger partial charge on any atom is 0.258 e. The lowest BCUT2D eigenvalue weighted by Gasteiger charge is -2.06. The standard InChI is InChI=1S/C7H9ClF2N2O/c1-2-13-7-5(8)3-11-12(7)4-6(9)10/h3,6H,2,4H2,1H3. The monoisotopic (exact) mass is 210 g/mol. The molecule has 74 valence electrons. The molecule has 6 heteroatoms. The Labute approximate surface area is 79.2 Å². The summed E-state index contributed by atoms with van der Waals surface area (Å²) in [5.41, 5.74) is 0. The molecule has 0 amide bonds. The number of hydrogen-bond acceptors (Lipinski definition) is 2. The molecule has 0 radical (unpaired) electrons. The Morgan fingerprint density at radius 3 is 2.92 bits per heavy atom. The minimum atomic E-state index is -2.46. The first-order valence-corrected chi connectivity index (χ1v) is 4.15. The van der Waals surface area contributed by atoms with Crippen LogP contribution in [0.1, 0.15) is 6.92 Å². The predicted octanol–water partition coefficient (Wildman–Crippen LogP) is 2.20. The lowest BCUT2D eigenvalue weighted by Crippen LogP contribution is -2.10. The summed E-state index contributed by atoms with van der Waals surface area (Å²) < 4.78 is 30.1. The van der Waals surface area contributed by atoms with Gasteiger partial charge in [0.1, 0.15) is 11.6 Å². The molecule has 1 rings (SSSR count). The highest BCUT2D eigenvalue weighted by molar-refractivity contribution is 6.31. The normalized spacial score (nSPS) is 10.8. The molecule has 0 bridgehead atoms. The van der Waals surface area contributed by atoms with Gasteiger partial charge in [0.05, 0.1) is 12.8 Å². The molecule has 1 heterocycles. The van der Waals surface area contributed by atoms with Crippen LogP contribution in [0.15, 0.2) is 6.20 Å². The van der Waals surface area contributed by atoms with Crippen LogP contribution in [-0.4, -0.2) is 22.8 Å². The number of halogens is 3. The van der Waals surface area contributed by atoms with Crippen LogP contribution in [0.3, 0.4) is 0 Å². The van der Waals surface area contributed by atoms with Crippen LogP contribution in [0.4, 0.5) is 8.78 Å². The van der Waals surface area contributed by atoms with Crippen LogP contribution < -0.4 is 4.74 Å². The molecule has 0 aliphatic carbocycles. The third kappa shape index (κ3) is 2.55. The van der Waals surface area contributed by atoms with Crippen molar-refractivity contribution in [3.05, 3.63) is 11.2 Å². The average Bonchev–Trinajstić information content (AvgIpc) is 2.35. The summed E-state index contributed by atoms with van der Waals surface area (Å²) in [5, 5.41) is 3.91. The quantitative estimate of drug-likeness (QED) is 0.762. The minimum absolute atomic E-state index is 0.199. The number of aromatic nitrogens is 2.